The highest BCUT2D eigenvalue weighted by atomic mass is 15.3. The molecule has 100 valence electrons. The SMILES string of the molecule is CCCCc1ccccc1[N+](C)(C)c1ccccc1. The molecule has 2 aromatic rings. The standard InChI is InChI=1S/C18H24N/c1-4-5-11-16-12-9-10-15-18(16)19(2,3)17-13-7-6-8-14-17/h6-10,12-15H,4-5,11H2,1-3H3/q+1. The molecule has 2 rings (SSSR count). The van der Waals surface area contributed by atoms with E-state index in [0.29, 0.717) is 0 Å². The van der Waals surface area contributed by atoms with Crippen LogP contribution >= 0.6 is 0 Å². The van der Waals surface area contributed by atoms with Crippen LogP contribution in [-0.4, -0.2) is 14.1 Å². The third kappa shape index (κ3) is 3.05. The number of para-hydroxylation sites is 2. The number of hydrogen-bond donors (Lipinski definition) is 0. The van der Waals surface area contributed by atoms with Crippen LogP contribution in [0.2, 0.25) is 0 Å². The van der Waals surface area contributed by atoms with Crippen LogP contribution in [0, 0.1) is 0 Å². The Morgan fingerprint density at radius 1 is 0.842 bits per heavy atom. The predicted octanol–water partition coefficient (Wildman–Crippen LogP) is 4.93. The first-order valence-corrected chi connectivity index (χ1v) is 7.14. The highest BCUT2D eigenvalue weighted by molar-refractivity contribution is 5.60. The van der Waals surface area contributed by atoms with Crippen LogP contribution in [0.3, 0.4) is 0 Å². The Morgan fingerprint density at radius 3 is 2.16 bits per heavy atom. The van der Waals surface area contributed by atoms with Crippen LogP contribution in [0.5, 0.6) is 0 Å². The lowest BCUT2D eigenvalue weighted by Gasteiger charge is -2.30. The summed E-state index contributed by atoms with van der Waals surface area (Å²) in [6.45, 7) is 2.25. The van der Waals surface area contributed by atoms with Gasteiger partial charge in [-0.3, -0.25) is 4.48 Å². The number of aryl methyl sites for hydroxylation is 1. The molecule has 0 saturated carbocycles. The van der Waals surface area contributed by atoms with Crippen molar-refractivity contribution in [2.24, 2.45) is 0 Å². The highest BCUT2D eigenvalue weighted by Gasteiger charge is 2.24. The number of hydrogen-bond acceptors (Lipinski definition) is 0. The summed E-state index contributed by atoms with van der Waals surface area (Å²) >= 11 is 0. The van der Waals surface area contributed by atoms with Crippen molar-refractivity contribution in [2.75, 3.05) is 14.1 Å². The van der Waals surface area contributed by atoms with E-state index >= 15 is 0 Å². The van der Waals surface area contributed by atoms with E-state index in [1.165, 1.54) is 36.2 Å². The summed E-state index contributed by atoms with van der Waals surface area (Å²) in [6.07, 6.45) is 3.67. The van der Waals surface area contributed by atoms with E-state index in [1.807, 2.05) is 0 Å². The quantitative estimate of drug-likeness (QED) is 0.664. The fourth-order valence-corrected chi connectivity index (χ4v) is 2.57. The topological polar surface area (TPSA) is 0 Å². The minimum absolute atomic E-state index is 0.806. The van der Waals surface area contributed by atoms with Crippen LogP contribution in [0.1, 0.15) is 25.3 Å². The number of benzene rings is 2. The minimum Gasteiger partial charge on any atom is -0.263 e. The first-order valence-electron chi connectivity index (χ1n) is 7.14. The van der Waals surface area contributed by atoms with Crippen LogP contribution in [0.15, 0.2) is 54.6 Å². The summed E-state index contributed by atoms with van der Waals surface area (Å²) in [6, 6.07) is 19.5. The van der Waals surface area contributed by atoms with Crippen LogP contribution < -0.4 is 4.48 Å². The molecule has 0 bridgehead atoms. The third-order valence-corrected chi connectivity index (χ3v) is 3.80. The molecule has 0 spiro atoms. The smallest absolute Gasteiger partial charge is 0.140 e. The van der Waals surface area contributed by atoms with Crippen molar-refractivity contribution in [1.29, 1.82) is 0 Å². The average molecular weight is 254 g/mol. The molecule has 19 heavy (non-hydrogen) atoms. The lowest BCUT2D eigenvalue weighted by Crippen LogP contribution is -2.35. The highest BCUT2D eigenvalue weighted by Crippen LogP contribution is 2.33. The van der Waals surface area contributed by atoms with Crippen LogP contribution in [0.25, 0.3) is 0 Å². The molecule has 1 heteroatoms. The van der Waals surface area contributed by atoms with Gasteiger partial charge in [-0.25, -0.2) is 0 Å². The minimum atomic E-state index is 0.806. The van der Waals surface area contributed by atoms with Crippen molar-refractivity contribution >= 4 is 11.4 Å². The molecule has 0 amide bonds. The molecule has 2 aromatic carbocycles. The van der Waals surface area contributed by atoms with E-state index in [1.54, 1.807) is 0 Å². The maximum Gasteiger partial charge on any atom is 0.140 e. The number of nitrogens with zero attached hydrogens (tertiary/aromatic N) is 1. The molecular weight excluding hydrogens is 230 g/mol. The Labute approximate surface area is 117 Å². The number of unbranched alkanes of at least 4 members (excludes halogenated alkanes) is 1. The summed E-state index contributed by atoms with van der Waals surface area (Å²) in [5.74, 6) is 0. The lowest BCUT2D eigenvalue weighted by molar-refractivity contribution is 0.548. The zero-order valence-corrected chi connectivity index (χ0v) is 12.3. The monoisotopic (exact) mass is 254 g/mol. The zero-order valence-electron chi connectivity index (χ0n) is 12.3. The zero-order chi connectivity index (χ0) is 13.7. The van der Waals surface area contributed by atoms with Crippen molar-refractivity contribution < 1.29 is 0 Å². The van der Waals surface area contributed by atoms with Crippen molar-refractivity contribution in [3.05, 3.63) is 60.2 Å². The van der Waals surface area contributed by atoms with E-state index in [2.05, 4.69) is 75.6 Å². The van der Waals surface area contributed by atoms with Gasteiger partial charge in [0.2, 0.25) is 0 Å². The molecule has 0 N–H and O–H groups in total. The van der Waals surface area contributed by atoms with Gasteiger partial charge in [-0.05, 0) is 31.0 Å². The van der Waals surface area contributed by atoms with E-state index in [0.717, 1.165) is 4.48 Å². The summed E-state index contributed by atoms with van der Waals surface area (Å²) in [5, 5.41) is 0. The molecule has 1 nitrogen and oxygen atoms in total. The van der Waals surface area contributed by atoms with E-state index in [9.17, 15) is 0 Å². The van der Waals surface area contributed by atoms with Gasteiger partial charge in [0.25, 0.3) is 0 Å². The van der Waals surface area contributed by atoms with Gasteiger partial charge in [-0.15, -0.1) is 0 Å². The van der Waals surface area contributed by atoms with Crippen LogP contribution in [-0.2, 0) is 6.42 Å². The van der Waals surface area contributed by atoms with Gasteiger partial charge in [-0.2, -0.15) is 0 Å². The second kappa shape index (κ2) is 6.03. The van der Waals surface area contributed by atoms with Gasteiger partial charge < -0.3 is 0 Å². The van der Waals surface area contributed by atoms with Crippen molar-refractivity contribution in [1.82, 2.24) is 4.48 Å². The molecule has 0 atom stereocenters. The fraction of sp³-hybridized carbons (Fsp3) is 0.333. The number of quaternary nitrogens is 1. The molecule has 0 fully saturated rings. The summed E-state index contributed by atoms with van der Waals surface area (Å²) in [7, 11) is 4.53. The summed E-state index contributed by atoms with van der Waals surface area (Å²) in [4.78, 5) is 0. The molecule has 0 radical (unpaired) electrons. The fourth-order valence-electron chi connectivity index (χ4n) is 2.57. The maximum absolute atomic E-state index is 2.27. The van der Waals surface area contributed by atoms with Crippen molar-refractivity contribution in [2.45, 2.75) is 26.2 Å². The van der Waals surface area contributed by atoms with Gasteiger partial charge in [0.15, 0.2) is 0 Å². The number of rotatable bonds is 5. The predicted molar refractivity (Wildman–Crippen MR) is 84.8 cm³/mol. The second-order valence-corrected chi connectivity index (χ2v) is 5.52. The van der Waals surface area contributed by atoms with E-state index in [-0.39, 0.29) is 0 Å². The van der Waals surface area contributed by atoms with Crippen molar-refractivity contribution in [3.8, 4) is 0 Å². The summed E-state index contributed by atoms with van der Waals surface area (Å²) in [5.41, 5.74) is 4.20. The Bertz CT molecular complexity index is 514. The Morgan fingerprint density at radius 2 is 1.47 bits per heavy atom. The van der Waals surface area contributed by atoms with Crippen LogP contribution in [0.4, 0.5) is 11.4 Å². The molecule has 0 heterocycles. The lowest BCUT2D eigenvalue weighted by atomic mass is 10.0. The molecule has 0 saturated heterocycles. The molecule has 0 aromatic heterocycles. The molecule has 0 aliphatic carbocycles. The Balaban J connectivity index is 2.40. The molecule has 0 aliphatic heterocycles. The van der Waals surface area contributed by atoms with Gasteiger partial charge in [0.1, 0.15) is 11.4 Å². The van der Waals surface area contributed by atoms with E-state index < -0.39 is 0 Å². The first-order chi connectivity index (χ1) is 9.16. The van der Waals surface area contributed by atoms with Gasteiger partial charge in [0.05, 0.1) is 14.1 Å². The average Bonchev–Trinajstić information content (AvgIpc) is 2.46. The van der Waals surface area contributed by atoms with Gasteiger partial charge >= 0.3 is 0 Å². The molecule has 0 unspecified atom stereocenters. The largest absolute Gasteiger partial charge is 0.263 e. The Hall–Kier alpha value is -1.60. The second-order valence-electron chi connectivity index (χ2n) is 5.52. The normalized spacial score (nSPS) is 11.5. The summed E-state index contributed by atoms with van der Waals surface area (Å²) < 4.78 is 0.806. The van der Waals surface area contributed by atoms with Crippen molar-refractivity contribution in [3.63, 3.8) is 0 Å². The third-order valence-electron chi connectivity index (χ3n) is 3.80. The Kier molecular flexibility index (Phi) is 4.39. The van der Waals surface area contributed by atoms with E-state index in [4.69, 9.17) is 0 Å². The van der Waals surface area contributed by atoms with Gasteiger partial charge in [0, 0.05) is 5.56 Å². The molecular formula is C18H24N+. The van der Waals surface area contributed by atoms with Gasteiger partial charge in [-0.1, -0.05) is 49.7 Å². The first kappa shape index (κ1) is 13.8. The molecule has 0 aliphatic rings. The maximum atomic E-state index is 2.27.